The van der Waals surface area contributed by atoms with E-state index in [0.29, 0.717) is 0 Å². The van der Waals surface area contributed by atoms with Crippen LogP contribution in [0.25, 0.3) is 0 Å². The molecule has 0 saturated heterocycles. The predicted molar refractivity (Wildman–Crippen MR) is 64.4 cm³/mol. The molecule has 6 nitrogen and oxygen atoms in total. The summed E-state index contributed by atoms with van der Waals surface area (Å²) >= 11 is 0. The van der Waals surface area contributed by atoms with Gasteiger partial charge in [-0.2, -0.15) is 21.6 Å². The zero-order valence-corrected chi connectivity index (χ0v) is 12.9. The first-order valence-electron chi connectivity index (χ1n) is 6.17. The molecular weight excluding hydrogens is 355 g/mol. The van der Waals surface area contributed by atoms with E-state index in [4.69, 9.17) is 4.74 Å². The van der Waals surface area contributed by atoms with E-state index in [1.54, 1.807) is 0 Å². The summed E-state index contributed by atoms with van der Waals surface area (Å²) in [5, 5.41) is 0. The second-order valence-corrected chi connectivity index (χ2v) is 6.24. The van der Waals surface area contributed by atoms with Gasteiger partial charge in [0.1, 0.15) is 0 Å². The van der Waals surface area contributed by atoms with E-state index in [1.165, 1.54) is 6.92 Å². The molecule has 134 valence electrons. The number of ether oxygens (including phenoxy) is 2. The summed E-state index contributed by atoms with van der Waals surface area (Å²) < 4.78 is 98.6. The molecule has 0 aromatic heterocycles. The van der Waals surface area contributed by atoms with Crippen molar-refractivity contribution in [3.8, 4) is 0 Å². The number of halogens is 5. The van der Waals surface area contributed by atoms with Crippen LogP contribution >= 0.6 is 0 Å². The lowest BCUT2D eigenvalue weighted by molar-refractivity contribution is -0.151. The SMILES string of the molecule is CCOC(=O)C1=C(OS(=O)(=O)C(F)(F)F)[C@H](C)[C@](C)(C(F)F)O1. The third-order valence-corrected chi connectivity index (χ3v) is 4.14. The average molecular weight is 368 g/mol. The van der Waals surface area contributed by atoms with Crippen LogP contribution in [0.5, 0.6) is 0 Å². The first-order chi connectivity index (χ1) is 10.3. The molecule has 0 bridgehead atoms. The van der Waals surface area contributed by atoms with Gasteiger partial charge in [0.05, 0.1) is 12.5 Å². The Morgan fingerprint density at radius 2 is 1.91 bits per heavy atom. The minimum atomic E-state index is -6.16. The van der Waals surface area contributed by atoms with Crippen molar-refractivity contribution in [2.45, 2.75) is 38.3 Å². The summed E-state index contributed by atoms with van der Waals surface area (Å²) in [7, 11) is -6.16. The van der Waals surface area contributed by atoms with Crippen molar-refractivity contribution in [3.05, 3.63) is 11.5 Å². The lowest BCUT2D eigenvalue weighted by Crippen LogP contribution is -2.40. The van der Waals surface area contributed by atoms with Gasteiger partial charge in [0.25, 0.3) is 6.43 Å². The monoisotopic (exact) mass is 368 g/mol. The van der Waals surface area contributed by atoms with Crippen molar-refractivity contribution in [1.82, 2.24) is 0 Å². The van der Waals surface area contributed by atoms with Crippen LogP contribution in [0, 0.1) is 5.92 Å². The Bertz CT molecular complexity index is 611. The standard InChI is InChI=1S/C11H13F5O6S/c1-4-20-8(17)7-6(22-23(18,19)11(14,15)16)5(2)10(3,21-7)9(12)13/h5,9H,4H2,1-3H3/t5-,10+/m0/s1. The summed E-state index contributed by atoms with van der Waals surface area (Å²) in [5.41, 5.74) is -8.25. The van der Waals surface area contributed by atoms with E-state index in [0.717, 1.165) is 13.8 Å². The van der Waals surface area contributed by atoms with Gasteiger partial charge in [0.15, 0.2) is 11.4 Å². The summed E-state index contributed by atoms with van der Waals surface area (Å²) in [6, 6.07) is 0. The number of carbonyl (C=O) groups is 1. The zero-order chi connectivity index (χ0) is 18.2. The third kappa shape index (κ3) is 3.51. The van der Waals surface area contributed by atoms with Gasteiger partial charge in [-0.3, -0.25) is 0 Å². The maximum Gasteiger partial charge on any atom is 0.534 e. The molecule has 0 amide bonds. The normalized spacial score (nSPS) is 25.5. The van der Waals surface area contributed by atoms with E-state index < -0.39 is 51.1 Å². The van der Waals surface area contributed by atoms with E-state index in [-0.39, 0.29) is 6.61 Å². The maximum atomic E-state index is 13.1. The van der Waals surface area contributed by atoms with Gasteiger partial charge in [-0.05, 0) is 13.8 Å². The number of hydrogen-bond acceptors (Lipinski definition) is 6. The topological polar surface area (TPSA) is 78.9 Å². The van der Waals surface area contributed by atoms with Crippen LogP contribution < -0.4 is 0 Å². The zero-order valence-electron chi connectivity index (χ0n) is 12.1. The quantitative estimate of drug-likeness (QED) is 0.321. The molecular formula is C11H13F5O6S. The number of alkyl halides is 5. The van der Waals surface area contributed by atoms with E-state index in [1.807, 2.05) is 0 Å². The highest BCUT2D eigenvalue weighted by atomic mass is 32.2. The molecule has 12 heteroatoms. The van der Waals surface area contributed by atoms with Gasteiger partial charge in [-0.1, -0.05) is 6.92 Å². The van der Waals surface area contributed by atoms with Crippen molar-refractivity contribution in [3.63, 3.8) is 0 Å². The molecule has 0 spiro atoms. The van der Waals surface area contributed by atoms with Crippen LogP contribution in [0.3, 0.4) is 0 Å². The van der Waals surface area contributed by atoms with Crippen LogP contribution in [0.4, 0.5) is 22.0 Å². The van der Waals surface area contributed by atoms with Crippen LogP contribution in [0.1, 0.15) is 20.8 Å². The molecule has 23 heavy (non-hydrogen) atoms. The molecule has 0 aromatic carbocycles. The Labute approximate surface area is 128 Å². The molecule has 0 N–H and O–H groups in total. The molecule has 0 aliphatic carbocycles. The largest absolute Gasteiger partial charge is 0.534 e. The smallest absolute Gasteiger partial charge is 0.471 e. The molecule has 0 unspecified atom stereocenters. The lowest BCUT2D eigenvalue weighted by atomic mass is 9.91. The second-order valence-electron chi connectivity index (χ2n) is 4.71. The fourth-order valence-corrected chi connectivity index (χ4v) is 2.21. The molecule has 1 heterocycles. The Balaban J connectivity index is 3.34. The van der Waals surface area contributed by atoms with E-state index >= 15 is 0 Å². The summed E-state index contributed by atoms with van der Waals surface area (Å²) in [5.74, 6) is -5.37. The van der Waals surface area contributed by atoms with Crippen molar-refractivity contribution in [2.75, 3.05) is 6.61 Å². The number of esters is 1. The van der Waals surface area contributed by atoms with Crippen molar-refractivity contribution in [1.29, 1.82) is 0 Å². The number of hydrogen-bond donors (Lipinski definition) is 0. The average Bonchev–Trinajstić information content (AvgIpc) is 2.63. The fourth-order valence-electron chi connectivity index (χ4n) is 1.66. The lowest BCUT2D eigenvalue weighted by Gasteiger charge is -2.28. The Morgan fingerprint density at radius 3 is 2.30 bits per heavy atom. The van der Waals surface area contributed by atoms with Gasteiger partial charge in [0.2, 0.25) is 5.76 Å². The van der Waals surface area contributed by atoms with Crippen molar-refractivity contribution < 1.29 is 48.8 Å². The van der Waals surface area contributed by atoms with Gasteiger partial charge >= 0.3 is 21.6 Å². The highest BCUT2D eigenvalue weighted by Gasteiger charge is 2.57. The molecule has 0 radical (unpaired) electrons. The molecule has 1 rings (SSSR count). The molecule has 0 aromatic rings. The predicted octanol–water partition coefficient (Wildman–Crippen LogP) is 2.32. The van der Waals surface area contributed by atoms with Gasteiger partial charge in [0, 0.05) is 0 Å². The third-order valence-electron chi connectivity index (χ3n) is 3.18. The molecule has 1 aliphatic rings. The Hall–Kier alpha value is -1.59. The summed E-state index contributed by atoms with van der Waals surface area (Å²) in [6.45, 7) is 2.85. The molecule has 2 atom stereocenters. The van der Waals surface area contributed by atoms with Gasteiger partial charge < -0.3 is 13.7 Å². The number of rotatable bonds is 5. The van der Waals surface area contributed by atoms with Crippen LogP contribution in [-0.4, -0.2) is 38.5 Å². The van der Waals surface area contributed by atoms with Crippen LogP contribution in [-0.2, 0) is 28.6 Å². The highest BCUT2D eigenvalue weighted by Crippen LogP contribution is 2.45. The summed E-state index contributed by atoms with van der Waals surface area (Å²) in [6.07, 6.45) is -3.24. The Kier molecular flexibility index (Phi) is 5.19. The first kappa shape index (κ1) is 19.5. The molecule has 0 fully saturated rings. The van der Waals surface area contributed by atoms with Crippen LogP contribution in [0.2, 0.25) is 0 Å². The maximum absolute atomic E-state index is 13.1. The minimum absolute atomic E-state index is 0.245. The highest BCUT2D eigenvalue weighted by molar-refractivity contribution is 7.87. The molecule has 1 aliphatic heterocycles. The number of carbonyl (C=O) groups excluding carboxylic acids is 1. The van der Waals surface area contributed by atoms with Gasteiger partial charge in [-0.15, -0.1) is 0 Å². The van der Waals surface area contributed by atoms with Gasteiger partial charge in [-0.25, -0.2) is 13.6 Å². The van der Waals surface area contributed by atoms with Crippen LogP contribution in [0.15, 0.2) is 11.5 Å². The molecule has 0 saturated carbocycles. The van der Waals surface area contributed by atoms with Crippen molar-refractivity contribution in [2.24, 2.45) is 5.92 Å². The summed E-state index contributed by atoms with van der Waals surface area (Å²) in [4.78, 5) is 11.6. The minimum Gasteiger partial charge on any atom is -0.471 e. The second kappa shape index (κ2) is 6.13. The van der Waals surface area contributed by atoms with E-state index in [9.17, 15) is 35.2 Å². The first-order valence-corrected chi connectivity index (χ1v) is 7.58. The van der Waals surface area contributed by atoms with Crippen molar-refractivity contribution >= 4 is 16.1 Å². The fraction of sp³-hybridized carbons (Fsp3) is 0.727. The Morgan fingerprint density at radius 1 is 1.39 bits per heavy atom. The van der Waals surface area contributed by atoms with E-state index in [2.05, 4.69) is 8.92 Å².